The molecule has 2 atom stereocenters. The maximum Gasteiger partial charge on any atom is 0.336 e. The fraction of sp³-hybridized carbons (Fsp3) is 0.385. The summed E-state index contributed by atoms with van der Waals surface area (Å²) in [5.41, 5.74) is 3.20. The number of carboxylic acid groups (broad SMARTS) is 1. The predicted octanol–water partition coefficient (Wildman–Crippen LogP) is 5.78. The number of carboxylic acids is 1. The average molecular weight is 454 g/mol. The molecule has 7 heteroatoms. The summed E-state index contributed by atoms with van der Waals surface area (Å²) < 4.78 is 30.5. The lowest BCUT2D eigenvalue weighted by Crippen LogP contribution is -2.26. The molecule has 0 spiro atoms. The molecule has 0 bridgehead atoms. The molecule has 4 rings (SSSR count). The molecule has 2 aromatic carbocycles. The van der Waals surface area contributed by atoms with Crippen molar-refractivity contribution >= 4 is 5.97 Å². The largest absolute Gasteiger partial charge is 0.478 e. The SMILES string of the molecule is Cc1cccc(COC2CCCC(COCc3coc(-c4ccc(F)cc4)n3)C2)c1C(=O)O. The number of aromatic carboxylic acids is 1. The molecular formula is C26H28FNO5. The molecule has 1 aromatic heterocycles. The van der Waals surface area contributed by atoms with Crippen molar-refractivity contribution in [2.45, 2.75) is 51.9 Å². The van der Waals surface area contributed by atoms with Gasteiger partial charge < -0.3 is 19.0 Å². The maximum absolute atomic E-state index is 13.1. The molecule has 0 amide bonds. The summed E-state index contributed by atoms with van der Waals surface area (Å²) in [6.45, 7) is 3.05. The van der Waals surface area contributed by atoms with Crippen LogP contribution in [0.1, 0.15) is 52.9 Å². The van der Waals surface area contributed by atoms with Crippen LogP contribution in [0.4, 0.5) is 4.39 Å². The van der Waals surface area contributed by atoms with Gasteiger partial charge in [-0.25, -0.2) is 14.2 Å². The molecule has 0 radical (unpaired) electrons. The zero-order valence-electron chi connectivity index (χ0n) is 18.6. The lowest BCUT2D eigenvalue weighted by molar-refractivity contribution is -0.0182. The second kappa shape index (κ2) is 10.7. The summed E-state index contributed by atoms with van der Waals surface area (Å²) in [4.78, 5) is 16.0. The van der Waals surface area contributed by atoms with Crippen molar-refractivity contribution in [2.24, 2.45) is 5.92 Å². The van der Waals surface area contributed by atoms with E-state index >= 15 is 0 Å². The van der Waals surface area contributed by atoms with Crippen LogP contribution in [0.25, 0.3) is 11.5 Å². The molecule has 1 N–H and O–H groups in total. The normalized spacial score (nSPS) is 18.4. The van der Waals surface area contributed by atoms with Crippen molar-refractivity contribution in [1.82, 2.24) is 4.98 Å². The van der Waals surface area contributed by atoms with Gasteiger partial charge in [0.2, 0.25) is 5.89 Å². The topological polar surface area (TPSA) is 81.8 Å². The van der Waals surface area contributed by atoms with E-state index in [0.717, 1.165) is 36.8 Å². The Hall–Kier alpha value is -3.03. The van der Waals surface area contributed by atoms with E-state index in [1.807, 2.05) is 12.1 Å². The van der Waals surface area contributed by atoms with Gasteiger partial charge in [-0.05, 0) is 67.5 Å². The maximum atomic E-state index is 13.1. The summed E-state index contributed by atoms with van der Waals surface area (Å²) in [5, 5.41) is 9.49. The first-order valence-corrected chi connectivity index (χ1v) is 11.2. The minimum absolute atomic E-state index is 0.0895. The highest BCUT2D eigenvalue weighted by atomic mass is 19.1. The Kier molecular flexibility index (Phi) is 7.52. The monoisotopic (exact) mass is 453 g/mol. The fourth-order valence-corrected chi connectivity index (χ4v) is 4.34. The molecule has 6 nitrogen and oxygen atoms in total. The molecule has 33 heavy (non-hydrogen) atoms. The van der Waals surface area contributed by atoms with E-state index in [9.17, 15) is 14.3 Å². The van der Waals surface area contributed by atoms with Gasteiger partial charge >= 0.3 is 5.97 Å². The first-order valence-electron chi connectivity index (χ1n) is 11.2. The molecule has 1 aliphatic rings. The molecule has 2 unspecified atom stereocenters. The number of benzene rings is 2. The fourth-order valence-electron chi connectivity index (χ4n) is 4.34. The predicted molar refractivity (Wildman–Crippen MR) is 120 cm³/mol. The van der Waals surface area contributed by atoms with Gasteiger partial charge in [0, 0.05) is 5.56 Å². The number of hydrogen-bond acceptors (Lipinski definition) is 5. The lowest BCUT2D eigenvalue weighted by atomic mass is 9.87. The highest BCUT2D eigenvalue weighted by Crippen LogP contribution is 2.28. The summed E-state index contributed by atoms with van der Waals surface area (Å²) in [6, 6.07) is 11.5. The van der Waals surface area contributed by atoms with E-state index in [1.165, 1.54) is 12.1 Å². The number of carbonyl (C=O) groups is 1. The van der Waals surface area contributed by atoms with E-state index in [4.69, 9.17) is 13.9 Å². The highest BCUT2D eigenvalue weighted by molar-refractivity contribution is 5.91. The summed E-state index contributed by atoms with van der Waals surface area (Å²) in [5.74, 6) is -0.401. The zero-order chi connectivity index (χ0) is 23.2. The van der Waals surface area contributed by atoms with Crippen LogP contribution < -0.4 is 0 Å². The third-order valence-electron chi connectivity index (χ3n) is 6.03. The molecule has 1 saturated carbocycles. The first-order chi connectivity index (χ1) is 16.0. The molecule has 174 valence electrons. The van der Waals surface area contributed by atoms with Crippen LogP contribution in [-0.4, -0.2) is 28.8 Å². The van der Waals surface area contributed by atoms with Crippen LogP contribution in [0.3, 0.4) is 0 Å². The molecule has 3 aromatic rings. The smallest absolute Gasteiger partial charge is 0.336 e. The Morgan fingerprint density at radius 1 is 1.18 bits per heavy atom. The number of nitrogens with zero attached hydrogens (tertiary/aromatic N) is 1. The second-order valence-corrected chi connectivity index (χ2v) is 8.55. The number of oxazole rings is 1. The summed E-state index contributed by atoms with van der Waals surface area (Å²) in [6.07, 6.45) is 5.63. The van der Waals surface area contributed by atoms with Gasteiger partial charge in [0.25, 0.3) is 0 Å². The van der Waals surface area contributed by atoms with Crippen molar-refractivity contribution < 1.29 is 28.2 Å². The Morgan fingerprint density at radius 2 is 2.00 bits per heavy atom. The molecule has 1 fully saturated rings. The van der Waals surface area contributed by atoms with Crippen molar-refractivity contribution in [3.63, 3.8) is 0 Å². The van der Waals surface area contributed by atoms with Crippen LogP contribution in [0.5, 0.6) is 0 Å². The highest BCUT2D eigenvalue weighted by Gasteiger charge is 2.24. The Labute approximate surface area is 192 Å². The number of hydrogen-bond donors (Lipinski definition) is 1. The summed E-state index contributed by atoms with van der Waals surface area (Å²) >= 11 is 0. The van der Waals surface area contributed by atoms with Gasteiger partial charge in [-0.15, -0.1) is 0 Å². The quantitative estimate of drug-likeness (QED) is 0.442. The van der Waals surface area contributed by atoms with E-state index < -0.39 is 5.97 Å². The molecule has 1 heterocycles. The van der Waals surface area contributed by atoms with Gasteiger partial charge in [-0.2, -0.15) is 0 Å². The zero-order valence-corrected chi connectivity index (χ0v) is 18.6. The van der Waals surface area contributed by atoms with Crippen LogP contribution in [-0.2, 0) is 22.7 Å². The number of aromatic nitrogens is 1. The van der Waals surface area contributed by atoms with Crippen molar-refractivity contribution in [3.05, 3.63) is 76.9 Å². The van der Waals surface area contributed by atoms with Crippen molar-refractivity contribution in [2.75, 3.05) is 6.61 Å². The number of rotatable bonds is 9. The number of halogens is 1. The Morgan fingerprint density at radius 3 is 2.79 bits per heavy atom. The standard InChI is InChI=1S/C26H28FNO5/c1-17-4-2-6-20(24(17)26(29)30)14-32-23-7-3-5-18(12-23)13-31-15-22-16-33-25(28-22)19-8-10-21(27)11-9-19/h2,4,6,8-11,16,18,23H,3,5,7,12-15H2,1H3,(H,29,30). The van der Waals surface area contributed by atoms with Crippen LogP contribution in [0.2, 0.25) is 0 Å². The third kappa shape index (κ3) is 6.06. The Balaban J connectivity index is 1.24. The second-order valence-electron chi connectivity index (χ2n) is 8.55. The van der Waals surface area contributed by atoms with Gasteiger partial charge in [0.05, 0.1) is 31.5 Å². The van der Waals surface area contributed by atoms with E-state index in [2.05, 4.69) is 4.98 Å². The minimum atomic E-state index is -0.919. The van der Waals surface area contributed by atoms with E-state index in [1.54, 1.807) is 31.4 Å². The summed E-state index contributed by atoms with van der Waals surface area (Å²) in [7, 11) is 0. The molecule has 1 aliphatic carbocycles. The first kappa shape index (κ1) is 23.1. The molecular weight excluding hydrogens is 425 g/mol. The minimum Gasteiger partial charge on any atom is -0.478 e. The average Bonchev–Trinajstić information content (AvgIpc) is 3.27. The van der Waals surface area contributed by atoms with Gasteiger partial charge in [0.1, 0.15) is 17.8 Å². The van der Waals surface area contributed by atoms with E-state index in [0.29, 0.717) is 48.5 Å². The Bertz CT molecular complexity index is 1080. The lowest BCUT2D eigenvalue weighted by Gasteiger charge is -2.29. The van der Waals surface area contributed by atoms with Crippen LogP contribution in [0.15, 0.2) is 53.1 Å². The van der Waals surface area contributed by atoms with E-state index in [-0.39, 0.29) is 11.9 Å². The van der Waals surface area contributed by atoms with Crippen molar-refractivity contribution in [3.8, 4) is 11.5 Å². The van der Waals surface area contributed by atoms with Crippen molar-refractivity contribution in [1.29, 1.82) is 0 Å². The van der Waals surface area contributed by atoms with Crippen LogP contribution >= 0.6 is 0 Å². The van der Waals surface area contributed by atoms with Gasteiger partial charge in [-0.3, -0.25) is 0 Å². The van der Waals surface area contributed by atoms with Gasteiger partial charge in [0.15, 0.2) is 0 Å². The molecule has 0 saturated heterocycles. The third-order valence-corrected chi connectivity index (χ3v) is 6.03. The number of ether oxygens (including phenoxy) is 2. The van der Waals surface area contributed by atoms with Gasteiger partial charge in [-0.1, -0.05) is 24.6 Å². The van der Waals surface area contributed by atoms with Crippen LogP contribution in [0, 0.1) is 18.7 Å². The molecule has 0 aliphatic heterocycles. The number of aryl methyl sites for hydroxylation is 1.